The molecule has 1 aliphatic rings. The first kappa shape index (κ1) is 17.1. The van der Waals surface area contributed by atoms with E-state index in [0.717, 1.165) is 40.9 Å². The monoisotopic (exact) mass is 335 g/mol. The van der Waals surface area contributed by atoms with Gasteiger partial charge in [-0.15, -0.1) is 0 Å². The summed E-state index contributed by atoms with van der Waals surface area (Å²) in [6.45, 7) is 5.74. The van der Waals surface area contributed by atoms with Gasteiger partial charge in [0.25, 0.3) is 0 Å². The number of hydrogen-bond donors (Lipinski definition) is 2. The first-order chi connectivity index (χ1) is 12.1. The summed E-state index contributed by atoms with van der Waals surface area (Å²) in [6, 6.07) is 16.4. The Labute approximate surface area is 147 Å². The molecule has 1 aliphatic heterocycles. The highest BCUT2D eigenvalue weighted by atomic mass is 19.1. The molecule has 128 valence electrons. The van der Waals surface area contributed by atoms with Crippen LogP contribution >= 0.6 is 0 Å². The number of rotatable bonds is 5. The minimum atomic E-state index is -0.252. The molecule has 2 aromatic carbocycles. The highest BCUT2D eigenvalue weighted by Gasteiger charge is 2.16. The number of halogens is 1. The van der Waals surface area contributed by atoms with Crippen LogP contribution in [0.1, 0.15) is 17.5 Å². The average Bonchev–Trinajstić information content (AvgIpc) is 2.63. The minimum absolute atomic E-state index is 0.252. The molecule has 0 radical (unpaired) electrons. The number of amidine groups is 1. The summed E-state index contributed by atoms with van der Waals surface area (Å²) in [4.78, 5) is 4.68. The summed E-state index contributed by atoms with van der Waals surface area (Å²) in [5.41, 5.74) is 11.1. The Morgan fingerprint density at radius 2 is 1.84 bits per heavy atom. The second-order valence-corrected chi connectivity index (χ2v) is 6.10. The molecule has 0 bridgehead atoms. The molecule has 0 saturated carbocycles. The molecule has 1 heterocycles. The zero-order valence-electron chi connectivity index (χ0n) is 14.1. The van der Waals surface area contributed by atoms with E-state index >= 15 is 0 Å². The quantitative estimate of drug-likeness (QED) is 0.647. The van der Waals surface area contributed by atoms with E-state index in [1.807, 2.05) is 30.3 Å². The molecule has 0 saturated heterocycles. The number of hydrogen-bond acceptors (Lipinski definition) is 2. The molecule has 0 aromatic heterocycles. The van der Waals surface area contributed by atoms with Gasteiger partial charge >= 0.3 is 0 Å². The van der Waals surface area contributed by atoms with Gasteiger partial charge < -0.3 is 11.1 Å². The van der Waals surface area contributed by atoms with Crippen LogP contribution in [-0.4, -0.2) is 18.9 Å². The van der Waals surface area contributed by atoms with E-state index in [9.17, 15) is 4.39 Å². The van der Waals surface area contributed by atoms with E-state index in [4.69, 9.17) is 5.73 Å². The lowest BCUT2D eigenvalue weighted by atomic mass is 9.95. The maximum Gasteiger partial charge on any atom is 0.123 e. The third-order valence-electron chi connectivity index (χ3n) is 4.25. The zero-order valence-corrected chi connectivity index (χ0v) is 14.1. The van der Waals surface area contributed by atoms with Crippen LogP contribution in [0.4, 0.5) is 4.39 Å². The second-order valence-electron chi connectivity index (χ2n) is 6.10. The minimum Gasteiger partial charge on any atom is -0.387 e. The van der Waals surface area contributed by atoms with Crippen molar-refractivity contribution in [1.29, 1.82) is 0 Å². The predicted molar refractivity (Wildman–Crippen MR) is 102 cm³/mol. The number of nitrogens with one attached hydrogen (secondary N) is 1. The van der Waals surface area contributed by atoms with Gasteiger partial charge in [-0.2, -0.15) is 0 Å². The zero-order chi connectivity index (χ0) is 17.6. The van der Waals surface area contributed by atoms with Gasteiger partial charge in [0.2, 0.25) is 0 Å². The van der Waals surface area contributed by atoms with E-state index in [1.54, 1.807) is 12.1 Å². The van der Waals surface area contributed by atoms with Crippen LogP contribution in [0.2, 0.25) is 0 Å². The van der Waals surface area contributed by atoms with Crippen molar-refractivity contribution in [2.75, 3.05) is 13.1 Å². The lowest BCUT2D eigenvalue weighted by Gasteiger charge is -2.21. The van der Waals surface area contributed by atoms with E-state index in [1.165, 1.54) is 12.1 Å². The van der Waals surface area contributed by atoms with E-state index < -0.39 is 0 Å². The highest BCUT2D eigenvalue weighted by molar-refractivity contribution is 5.85. The van der Waals surface area contributed by atoms with Crippen LogP contribution in [0.3, 0.4) is 0 Å². The van der Waals surface area contributed by atoms with Crippen molar-refractivity contribution < 1.29 is 4.39 Å². The van der Waals surface area contributed by atoms with Gasteiger partial charge in [0.05, 0.1) is 0 Å². The average molecular weight is 335 g/mol. The highest BCUT2D eigenvalue weighted by Crippen LogP contribution is 2.27. The van der Waals surface area contributed by atoms with Crippen LogP contribution in [0, 0.1) is 5.82 Å². The Morgan fingerprint density at radius 1 is 1.12 bits per heavy atom. The topological polar surface area (TPSA) is 50.4 Å². The third kappa shape index (κ3) is 4.43. The van der Waals surface area contributed by atoms with Gasteiger partial charge in [-0.1, -0.05) is 49.0 Å². The Kier molecular flexibility index (Phi) is 5.41. The van der Waals surface area contributed by atoms with E-state index in [-0.39, 0.29) is 5.82 Å². The number of benzene rings is 2. The SMILES string of the molecule is C=C(C1=C(/N=C(\N)Cc2ccccc2)CCNC1)c1ccc(F)cc1. The summed E-state index contributed by atoms with van der Waals surface area (Å²) in [6.07, 6.45) is 1.42. The third-order valence-corrected chi connectivity index (χ3v) is 4.25. The van der Waals surface area contributed by atoms with Crippen molar-refractivity contribution in [3.8, 4) is 0 Å². The fourth-order valence-electron chi connectivity index (χ4n) is 2.92. The first-order valence-electron chi connectivity index (χ1n) is 8.38. The second kappa shape index (κ2) is 7.90. The molecule has 3 nitrogen and oxygen atoms in total. The summed E-state index contributed by atoms with van der Waals surface area (Å²) in [5.74, 6) is 0.338. The molecule has 0 unspecified atom stereocenters. The van der Waals surface area contributed by atoms with Crippen LogP contribution < -0.4 is 11.1 Å². The molecule has 3 rings (SSSR count). The van der Waals surface area contributed by atoms with Gasteiger partial charge in [-0.25, -0.2) is 9.38 Å². The lowest BCUT2D eigenvalue weighted by Crippen LogP contribution is -2.26. The van der Waals surface area contributed by atoms with Crippen LogP contribution in [0.15, 0.2) is 77.4 Å². The summed E-state index contributed by atoms with van der Waals surface area (Å²) in [7, 11) is 0. The summed E-state index contributed by atoms with van der Waals surface area (Å²) >= 11 is 0. The predicted octanol–water partition coefficient (Wildman–Crippen LogP) is 3.69. The molecular weight excluding hydrogens is 313 g/mol. The maximum atomic E-state index is 13.2. The molecule has 0 amide bonds. The van der Waals surface area contributed by atoms with Crippen molar-refractivity contribution in [1.82, 2.24) is 5.32 Å². The van der Waals surface area contributed by atoms with Crippen molar-refractivity contribution >= 4 is 11.4 Å². The fourth-order valence-corrected chi connectivity index (χ4v) is 2.92. The maximum absolute atomic E-state index is 13.2. The molecule has 25 heavy (non-hydrogen) atoms. The van der Waals surface area contributed by atoms with Crippen LogP contribution in [0.25, 0.3) is 5.57 Å². The Hall–Kier alpha value is -2.72. The van der Waals surface area contributed by atoms with Gasteiger partial charge in [-0.3, -0.25) is 0 Å². The lowest BCUT2D eigenvalue weighted by molar-refractivity contribution is 0.627. The summed E-state index contributed by atoms with van der Waals surface area (Å²) < 4.78 is 13.2. The number of aliphatic imine (C=N–C) groups is 1. The largest absolute Gasteiger partial charge is 0.387 e. The normalized spacial score (nSPS) is 15.3. The molecule has 3 N–H and O–H groups in total. The standard InChI is InChI=1S/C21H22FN3/c1-15(17-7-9-18(22)10-8-17)19-14-24-12-11-20(19)25-21(23)13-16-5-3-2-4-6-16/h2-10,24H,1,11-14H2,(H2,23,25). The van der Waals surface area contributed by atoms with Crippen molar-refractivity contribution in [2.45, 2.75) is 12.8 Å². The Morgan fingerprint density at radius 3 is 2.56 bits per heavy atom. The van der Waals surface area contributed by atoms with Gasteiger partial charge in [0, 0.05) is 31.6 Å². The molecule has 0 aliphatic carbocycles. The van der Waals surface area contributed by atoms with Crippen LogP contribution in [0.5, 0.6) is 0 Å². The molecule has 0 atom stereocenters. The van der Waals surface area contributed by atoms with Crippen LogP contribution in [-0.2, 0) is 6.42 Å². The van der Waals surface area contributed by atoms with E-state index in [0.29, 0.717) is 18.8 Å². The molecule has 0 spiro atoms. The van der Waals surface area contributed by atoms with Gasteiger partial charge in [0.1, 0.15) is 11.7 Å². The Bertz CT molecular complexity index is 805. The van der Waals surface area contributed by atoms with Gasteiger partial charge in [-0.05, 0) is 34.4 Å². The summed E-state index contributed by atoms with van der Waals surface area (Å²) in [5, 5.41) is 3.35. The number of nitrogens with zero attached hydrogens (tertiary/aromatic N) is 1. The molecule has 0 fully saturated rings. The van der Waals surface area contributed by atoms with E-state index in [2.05, 4.69) is 16.9 Å². The molecule has 2 aromatic rings. The molecule has 4 heteroatoms. The fraction of sp³-hybridized carbons (Fsp3) is 0.190. The molecular formula is C21H22FN3. The van der Waals surface area contributed by atoms with Crippen molar-refractivity contribution in [2.24, 2.45) is 10.7 Å². The van der Waals surface area contributed by atoms with Crippen molar-refractivity contribution in [3.05, 3.63) is 89.4 Å². The van der Waals surface area contributed by atoms with Gasteiger partial charge in [0.15, 0.2) is 0 Å². The smallest absolute Gasteiger partial charge is 0.123 e. The Balaban J connectivity index is 1.86. The number of nitrogens with two attached hydrogens (primary N) is 1. The first-order valence-corrected chi connectivity index (χ1v) is 8.38. The van der Waals surface area contributed by atoms with Crippen molar-refractivity contribution in [3.63, 3.8) is 0 Å².